The summed E-state index contributed by atoms with van der Waals surface area (Å²) in [6.45, 7) is 5.25. The molecule has 1 aromatic heterocycles. The Balaban J connectivity index is 1.80. The molecule has 1 N–H and O–H groups in total. The first kappa shape index (κ1) is 20.3. The van der Waals surface area contributed by atoms with Gasteiger partial charge in [0.1, 0.15) is 12.4 Å². The van der Waals surface area contributed by atoms with Crippen molar-refractivity contribution >= 4 is 5.91 Å². The second-order valence-corrected chi connectivity index (χ2v) is 7.04. The summed E-state index contributed by atoms with van der Waals surface area (Å²) >= 11 is 0. The lowest BCUT2D eigenvalue weighted by molar-refractivity contribution is -0.122. The van der Waals surface area contributed by atoms with Crippen LogP contribution in [0.2, 0.25) is 0 Å². The Kier molecular flexibility index (Phi) is 5.77. The number of nitrogens with one attached hydrogen (secondary N) is 1. The van der Waals surface area contributed by atoms with E-state index in [1.54, 1.807) is 6.92 Å². The van der Waals surface area contributed by atoms with Crippen LogP contribution < -0.4 is 16.4 Å². The normalized spacial score (nSPS) is 11.9. The van der Waals surface area contributed by atoms with Crippen LogP contribution >= 0.6 is 0 Å². The van der Waals surface area contributed by atoms with Crippen molar-refractivity contribution in [1.29, 1.82) is 0 Å². The number of nitrogens with zero attached hydrogens (tertiary/aromatic N) is 2. The van der Waals surface area contributed by atoms with Gasteiger partial charge in [-0.05, 0) is 44.0 Å². The fraction of sp³-hybridized carbons (Fsp3) is 0.227. The van der Waals surface area contributed by atoms with E-state index in [4.69, 9.17) is 0 Å². The van der Waals surface area contributed by atoms with Crippen LogP contribution in [0.15, 0.2) is 64.4 Å². The maximum Gasteiger partial charge on any atom is 0.320 e. The number of hydrogen-bond donors (Lipinski definition) is 1. The topological polar surface area (TPSA) is 73.1 Å². The molecule has 0 bridgehead atoms. The molecule has 7 heteroatoms. The fourth-order valence-electron chi connectivity index (χ4n) is 3.05. The number of aryl methyl sites for hydroxylation is 2. The van der Waals surface area contributed by atoms with Crippen LogP contribution in [0, 0.1) is 19.7 Å². The summed E-state index contributed by atoms with van der Waals surface area (Å²) in [5.74, 6) is -0.898. The summed E-state index contributed by atoms with van der Waals surface area (Å²) in [5.41, 5.74) is 1.29. The number of rotatable bonds is 5. The monoisotopic (exact) mass is 395 g/mol. The van der Waals surface area contributed by atoms with E-state index in [0.717, 1.165) is 20.3 Å². The van der Waals surface area contributed by atoms with Crippen molar-refractivity contribution < 1.29 is 9.18 Å². The van der Waals surface area contributed by atoms with Crippen molar-refractivity contribution in [3.8, 4) is 5.69 Å². The standard InChI is InChI=1S/C22H22FN3O3/c1-14-4-7-17(8-5-14)16(3)24-20(27)13-25-10-11-26(22(29)21(25)28)19-12-18(23)9-6-15(19)2/h4-12,16H,13H2,1-3H3,(H,24,27). The zero-order valence-corrected chi connectivity index (χ0v) is 16.5. The maximum atomic E-state index is 13.5. The molecule has 29 heavy (non-hydrogen) atoms. The highest BCUT2D eigenvalue weighted by Crippen LogP contribution is 2.14. The van der Waals surface area contributed by atoms with Crippen molar-refractivity contribution in [2.45, 2.75) is 33.4 Å². The molecule has 0 aliphatic carbocycles. The van der Waals surface area contributed by atoms with Crippen LogP contribution in [-0.4, -0.2) is 15.0 Å². The van der Waals surface area contributed by atoms with Crippen LogP contribution in [-0.2, 0) is 11.3 Å². The highest BCUT2D eigenvalue weighted by Gasteiger charge is 2.14. The molecule has 1 atom stereocenters. The van der Waals surface area contributed by atoms with E-state index in [9.17, 15) is 18.8 Å². The SMILES string of the molecule is Cc1ccc(C(C)NC(=O)Cn2ccn(-c3cc(F)ccc3C)c(=O)c2=O)cc1. The van der Waals surface area contributed by atoms with E-state index in [-0.39, 0.29) is 24.2 Å². The number of amides is 1. The first-order valence-corrected chi connectivity index (χ1v) is 9.21. The number of hydrogen-bond acceptors (Lipinski definition) is 3. The molecule has 150 valence electrons. The molecule has 2 aromatic carbocycles. The number of aromatic nitrogens is 2. The molecular formula is C22H22FN3O3. The van der Waals surface area contributed by atoms with Gasteiger partial charge in [0, 0.05) is 12.4 Å². The maximum absolute atomic E-state index is 13.5. The summed E-state index contributed by atoms with van der Waals surface area (Å²) in [6.07, 6.45) is 2.71. The lowest BCUT2D eigenvalue weighted by atomic mass is 10.1. The van der Waals surface area contributed by atoms with Gasteiger partial charge in [0.25, 0.3) is 0 Å². The molecule has 6 nitrogen and oxygen atoms in total. The molecule has 1 heterocycles. The first-order chi connectivity index (χ1) is 13.8. The third-order valence-electron chi connectivity index (χ3n) is 4.76. The van der Waals surface area contributed by atoms with Crippen molar-refractivity contribution in [1.82, 2.24) is 14.5 Å². The van der Waals surface area contributed by atoms with E-state index >= 15 is 0 Å². The molecule has 0 fully saturated rings. The average molecular weight is 395 g/mol. The predicted octanol–water partition coefficient (Wildman–Crippen LogP) is 2.63. The van der Waals surface area contributed by atoms with Crippen molar-refractivity contribution in [3.05, 3.63) is 98.1 Å². The Morgan fingerprint density at radius 2 is 1.72 bits per heavy atom. The molecule has 0 aliphatic heterocycles. The van der Waals surface area contributed by atoms with Gasteiger partial charge in [-0.15, -0.1) is 0 Å². The Labute approximate surface area is 167 Å². The van der Waals surface area contributed by atoms with Gasteiger partial charge in [-0.25, -0.2) is 4.39 Å². The molecule has 0 radical (unpaired) electrons. The van der Waals surface area contributed by atoms with Crippen LogP contribution in [0.1, 0.15) is 29.7 Å². The largest absolute Gasteiger partial charge is 0.348 e. The fourth-order valence-corrected chi connectivity index (χ4v) is 3.05. The number of carbonyl (C=O) groups excluding carboxylic acids is 1. The Morgan fingerprint density at radius 1 is 1.03 bits per heavy atom. The summed E-state index contributed by atoms with van der Waals surface area (Å²) in [5, 5.41) is 2.82. The lowest BCUT2D eigenvalue weighted by Gasteiger charge is -2.15. The van der Waals surface area contributed by atoms with Crippen molar-refractivity contribution in [2.24, 2.45) is 0 Å². The highest BCUT2D eigenvalue weighted by atomic mass is 19.1. The van der Waals surface area contributed by atoms with Gasteiger partial charge in [-0.1, -0.05) is 35.9 Å². The van der Waals surface area contributed by atoms with E-state index in [0.29, 0.717) is 5.56 Å². The molecule has 0 aliphatic rings. The number of halogens is 1. The second kappa shape index (κ2) is 8.26. The van der Waals surface area contributed by atoms with Crippen LogP contribution in [0.4, 0.5) is 4.39 Å². The van der Waals surface area contributed by atoms with Crippen LogP contribution in [0.3, 0.4) is 0 Å². The van der Waals surface area contributed by atoms with Gasteiger partial charge in [0.2, 0.25) is 5.91 Å². The average Bonchev–Trinajstić information content (AvgIpc) is 2.68. The zero-order valence-electron chi connectivity index (χ0n) is 16.5. The molecule has 3 aromatic rings. The van der Waals surface area contributed by atoms with E-state index < -0.39 is 16.9 Å². The highest BCUT2D eigenvalue weighted by molar-refractivity contribution is 5.76. The van der Waals surface area contributed by atoms with E-state index in [1.807, 2.05) is 38.1 Å². The summed E-state index contributed by atoms with van der Waals surface area (Å²) < 4.78 is 15.7. The lowest BCUT2D eigenvalue weighted by Crippen LogP contribution is -2.43. The number of carbonyl (C=O) groups is 1. The summed E-state index contributed by atoms with van der Waals surface area (Å²) in [6, 6.07) is 11.5. The third-order valence-corrected chi connectivity index (χ3v) is 4.76. The molecule has 0 saturated heterocycles. The molecule has 0 saturated carbocycles. The summed E-state index contributed by atoms with van der Waals surface area (Å²) in [7, 11) is 0. The Bertz CT molecular complexity index is 1160. The zero-order chi connectivity index (χ0) is 21.1. The molecule has 0 spiro atoms. The quantitative estimate of drug-likeness (QED) is 0.675. The minimum atomic E-state index is -0.852. The summed E-state index contributed by atoms with van der Waals surface area (Å²) in [4.78, 5) is 37.3. The van der Waals surface area contributed by atoms with Crippen LogP contribution in [0.5, 0.6) is 0 Å². The second-order valence-electron chi connectivity index (χ2n) is 7.04. The van der Waals surface area contributed by atoms with Crippen molar-refractivity contribution in [3.63, 3.8) is 0 Å². The van der Waals surface area contributed by atoms with Crippen LogP contribution in [0.25, 0.3) is 5.69 Å². The van der Waals surface area contributed by atoms with E-state index in [1.165, 1.54) is 30.6 Å². The molecular weight excluding hydrogens is 373 g/mol. The molecule has 3 rings (SSSR count). The van der Waals surface area contributed by atoms with Gasteiger partial charge in [-0.2, -0.15) is 0 Å². The van der Waals surface area contributed by atoms with Gasteiger partial charge < -0.3 is 5.32 Å². The number of benzene rings is 2. The third kappa shape index (κ3) is 4.51. The molecule has 1 unspecified atom stereocenters. The van der Waals surface area contributed by atoms with Gasteiger partial charge in [0.05, 0.1) is 11.7 Å². The smallest absolute Gasteiger partial charge is 0.320 e. The van der Waals surface area contributed by atoms with Gasteiger partial charge in [0.15, 0.2) is 0 Å². The minimum Gasteiger partial charge on any atom is -0.348 e. The molecule has 1 amide bonds. The van der Waals surface area contributed by atoms with Gasteiger partial charge in [-0.3, -0.25) is 23.5 Å². The Hall–Kier alpha value is -3.48. The minimum absolute atomic E-state index is 0.242. The Morgan fingerprint density at radius 3 is 2.41 bits per heavy atom. The predicted molar refractivity (Wildman–Crippen MR) is 109 cm³/mol. The first-order valence-electron chi connectivity index (χ1n) is 9.21. The van der Waals surface area contributed by atoms with E-state index in [2.05, 4.69) is 5.32 Å². The van der Waals surface area contributed by atoms with Gasteiger partial charge >= 0.3 is 11.1 Å². The van der Waals surface area contributed by atoms with Crippen molar-refractivity contribution in [2.75, 3.05) is 0 Å².